The molecule has 0 fully saturated rings. The third kappa shape index (κ3) is 4.70. The number of urea groups is 1. The standard InChI is InChI=1S/C9H9Cl2N3O.ClH/c10-6-2-1-5(3-7(6)11)4-8(12)14-9(13)15;/h1-3H,4H2,(H4,12,13,14,15);1H. The van der Waals surface area contributed by atoms with Crippen LogP contribution in [0.25, 0.3) is 0 Å². The molecule has 4 N–H and O–H groups in total. The maximum absolute atomic E-state index is 10.4. The Morgan fingerprint density at radius 3 is 2.50 bits per heavy atom. The molecule has 1 aromatic carbocycles. The number of halogens is 3. The molecule has 2 amide bonds. The van der Waals surface area contributed by atoms with Crippen molar-refractivity contribution in [2.75, 3.05) is 0 Å². The average Bonchev–Trinajstić information content (AvgIpc) is 2.10. The van der Waals surface area contributed by atoms with E-state index < -0.39 is 6.03 Å². The van der Waals surface area contributed by atoms with Gasteiger partial charge in [0.25, 0.3) is 0 Å². The van der Waals surface area contributed by atoms with E-state index in [2.05, 4.69) is 5.32 Å². The number of carbonyl (C=O) groups excluding carboxylic acids is 1. The Labute approximate surface area is 109 Å². The summed E-state index contributed by atoms with van der Waals surface area (Å²) in [5.41, 5.74) is 5.64. The molecule has 7 heteroatoms. The number of carbonyl (C=O) groups is 1. The first-order valence-electron chi connectivity index (χ1n) is 4.07. The smallest absolute Gasteiger partial charge is 0.317 e. The summed E-state index contributed by atoms with van der Waals surface area (Å²) >= 11 is 11.5. The highest BCUT2D eigenvalue weighted by atomic mass is 35.5. The quantitative estimate of drug-likeness (QED) is 0.566. The van der Waals surface area contributed by atoms with Crippen LogP contribution < -0.4 is 11.1 Å². The van der Waals surface area contributed by atoms with Gasteiger partial charge in [0, 0.05) is 6.42 Å². The molecule has 0 unspecified atom stereocenters. The third-order valence-corrected chi connectivity index (χ3v) is 2.38. The van der Waals surface area contributed by atoms with Crippen LogP contribution in [-0.2, 0) is 6.42 Å². The first-order valence-corrected chi connectivity index (χ1v) is 4.82. The van der Waals surface area contributed by atoms with Crippen molar-refractivity contribution in [2.24, 2.45) is 5.73 Å². The first kappa shape index (κ1) is 15.0. The van der Waals surface area contributed by atoms with E-state index >= 15 is 0 Å². The van der Waals surface area contributed by atoms with Gasteiger partial charge in [0.2, 0.25) is 0 Å². The van der Waals surface area contributed by atoms with E-state index in [0.29, 0.717) is 10.0 Å². The number of amides is 2. The van der Waals surface area contributed by atoms with E-state index in [9.17, 15) is 4.79 Å². The summed E-state index contributed by atoms with van der Waals surface area (Å²) in [5.74, 6) is 0.0147. The number of primary amides is 1. The zero-order chi connectivity index (χ0) is 11.4. The van der Waals surface area contributed by atoms with Crippen molar-refractivity contribution in [3.63, 3.8) is 0 Å². The van der Waals surface area contributed by atoms with E-state index in [1.165, 1.54) is 0 Å². The SMILES string of the molecule is Cl.N=C(Cc1ccc(Cl)c(Cl)c1)NC(N)=O. The number of nitrogens with two attached hydrogens (primary N) is 1. The fourth-order valence-corrected chi connectivity index (χ4v) is 1.37. The van der Waals surface area contributed by atoms with Gasteiger partial charge < -0.3 is 5.73 Å². The summed E-state index contributed by atoms with van der Waals surface area (Å²) in [4.78, 5) is 10.4. The fraction of sp³-hybridized carbons (Fsp3) is 0.111. The topological polar surface area (TPSA) is 79.0 Å². The van der Waals surface area contributed by atoms with Crippen molar-refractivity contribution in [3.8, 4) is 0 Å². The largest absolute Gasteiger partial charge is 0.351 e. The number of amidine groups is 1. The molecule has 1 aromatic rings. The molecule has 0 saturated heterocycles. The van der Waals surface area contributed by atoms with Crippen LogP contribution in [-0.4, -0.2) is 11.9 Å². The van der Waals surface area contributed by atoms with E-state index in [1.807, 2.05) is 0 Å². The van der Waals surface area contributed by atoms with Crippen LogP contribution in [0.2, 0.25) is 10.0 Å². The van der Waals surface area contributed by atoms with Crippen molar-refractivity contribution < 1.29 is 4.79 Å². The summed E-state index contributed by atoms with van der Waals surface area (Å²) < 4.78 is 0. The maximum Gasteiger partial charge on any atom is 0.317 e. The third-order valence-electron chi connectivity index (χ3n) is 1.64. The second-order valence-electron chi connectivity index (χ2n) is 2.89. The Morgan fingerprint density at radius 1 is 1.38 bits per heavy atom. The van der Waals surface area contributed by atoms with Gasteiger partial charge >= 0.3 is 6.03 Å². The molecule has 88 valence electrons. The Kier molecular flexibility index (Phi) is 6.18. The predicted molar refractivity (Wildman–Crippen MR) is 67.9 cm³/mol. The summed E-state index contributed by atoms with van der Waals surface area (Å²) in [6.45, 7) is 0. The Hall–Kier alpha value is -0.970. The highest BCUT2D eigenvalue weighted by Gasteiger charge is 2.04. The molecule has 0 aliphatic heterocycles. The zero-order valence-corrected chi connectivity index (χ0v) is 10.4. The van der Waals surface area contributed by atoms with Gasteiger partial charge in [-0.25, -0.2) is 4.79 Å². The van der Waals surface area contributed by atoms with Crippen molar-refractivity contribution in [1.82, 2.24) is 5.32 Å². The molecule has 0 aliphatic carbocycles. The Morgan fingerprint density at radius 2 is 2.00 bits per heavy atom. The molecule has 0 aliphatic rings. The summed E-state index contributed by atoms with van der Waals surface area (Å²) in [7, 11) is 0. The molecule has 1 rings (SSSR count). The van der Waals surface area contributed by atoms with Crippen molar-refractivity contribution in [3.05, 3.63) is 33.8 Å². The van der Waals surface area contributed by atoms with Gasteiger partial charge in [-0.15, -0.1) is 12.4 Å². The molecule has 0 atom stereocenters. The normalized spacial score (nSPS) is 9.12. The highest BCUT2D eigenvalue weighted by Crippen LogP contribution is 2.22. The predicted octanol–water partition coefficient (Wildman–Crippen LogP) is 2.60. The van der Waals surface area contributed by atoms with Crippen LogP contribution in [0, 0.1) is 5.41 Å². The van der Waals surface area contributed by atoms with Gasteiger partial charge in [-0.2, -0.15) is 0 Å². The van der Waals surface area contributed by atoms with E-state index in [4.69, 9.17) is 34.3 Å². The lowest BCUT2D eigenvalue weighted by atomic mass is 10.1. The van der Waals surface area contributed by atoms with E-state index in [1.54, 1.807) is 18.2 Å². The number of nitrogens with one attached hydrogen (secondary N) is 2. The lowest BCUT2D eigenvalue weighted by Gasteiger charge is -2.05. The second kappa shape index (κ2) is 6.58. The number of benzene rings is 1. The zero-order valence-electron chi connectivity index (χ0n) is 8.09. The van der Waals surface area contributed by atoms with Crippen molar-refractivity contribution in [2.45, 2.75) is 6.42 Å². The number of rotatable bonds is 2. The molecule has 4 nitrogen and oxygen atoms in total. The summed E-state index contributed by atoms with van der Waals surface area (Å²) in [6.07, 6.45) is 0.250. The van der Waals surface area contributed by atoms with E-state index in [0.717, 1.165) is 5.56 Å². The molecule has 0 bridgehead atoms. The molecule has 0 saturated carbocycles. The first-order chi connectivity index (χ1) is 6.99. The van der Waals surface area contributed by atoms with Crippen LogP contribution in [0.15, 0.2) is 18.2 Å². The van der Waals surface area contributed by atoms with Gasteiger partial charge in [0.05, 0.1) is 10.0 Å². The van der Waals surface area contributed by atoms with Crippen LogP contribution in [0.4, 0.5) is 4.79 Å². The van der Waals surface area contributed by atoms with E-state index in [-0.39, 0.29) is 24.7 Å². The van der Waals surface area contributed by atoms with Gasteiger partial charge in [-0.05, 0) is 17.7 Å². The molecule has 16 heavy (non-hydrogen) atoms. The molecule has 0 aromatic heterocycles. The van der Waals surface area contributed by atoms with Gasteiger partial charge in [0.1, 0.15) is 5.84 Å². The Bertz CT molecular complexity index is 409. The number of hydrogen-bond donors (Lipinski definition) is 3. The van der Waals surface area contributed by atoms with Crippen molar-refractivity contribution >= 4 is 47.5 Å². The van der Waals surface area contributed by atoms with Crippen LogP contribution in [0.1, 0.15) is 5.56 Å². The monoisotopic (exact) mass is 281 g/mol. The molecule has 0 radical (unpaired) electrons. The minimum absolute atomic E-state index is 0. The Balaban J connectivity index is 0.00000225. The molecular formula is C9H10Cl3N3O. The summed E-state index contributed by atoms with van der Waals surface area (Å²) in [6, 6.07) is 4.25. The average molecular weight is 283 g/mol. The van der Waals surface area contributed by atoms with Crippen molar-refractivity contribution in [1.29, 1.82) is 5.41 Å². The van der Waals surface area contributed by atoms with Crippen LogP contribution in [0.3, 0.4) is 0 Å². The van der Waals surface area contributed by atoms with Crippen LogP contribution in [0.5, 0.6) is 0 Å². The maximum atomic E-state index is 10.4. The molecule has 0 spiro atoms. The molecule has 0 heterocycles. The van der Waals surface area contributed by atoms with Gasteiger partial charge in [0.15, 0.2) is 0 Å². The van der Waals surface area contributed by atoms with Gasteiger partial charge in [-0.3, -0.25) is 10.7 Å². The minimum atomic E-state index is -0.750. The highest BCUT2D eigenvalue weighted by molar-refractivity contribution is 6.42. The van der Waals surface area contributed by atoms with Crippen LogP contribution >= 0.6 is 35.6 Å². The minimum Gasteiger partial charge on any atom is -0.351 e. The summed E-state index contributed by atoms with van der Waals surface area (Å²) in [5, 5.41) is 10.4. The molecular weight excluding hydrogens is 272 g/mol. The second-order valence-corrected chi connectivity index (χ2v) is 3.71. The number of hydrogen-bond acceptors (Lipinski definition) is 2. The lowest BCUT2D eigenvalue weighted by molar-refractivity contribution is 0.253. The van der Waals surface area contributed by atoms with Gasteiger partial charge in [-0.1, -0.05) is 29.3 Å². The lowest BCUT2D eigenvalue weighted by Crippen LogP contribution is -2.35. The fourth-order valence-electron chi connectivity index (χ4n) is 1.05.